The Morgan fingerprint density at radius 3 is 2.73 bits per heavy atom. The van der Waals surface area contributed by atoms with E-state index >= 15 is 0 Å². The Balaban J connectivity index is 2.11. The Bertz CT molecular complexity index is 389. The van der Waals surface area contributed by atoms with Gasteiger partial charge in [-0.3, -0.25) is 4.98 Å². The van der Waals surface area contributed by atoms with Crippen LogP contribution in [0.1, 0.15) is 25.5 Å². The SMILES string of the molecule is CCCCc1ccc(-c2ccsc2)cn1. The predicted molar refractivity (Wildman–Crippen MR) is 66.2 cm³/mol. The van der Waals surface area contributed by atoms with Crippen molar-refractivity contribution in [3.05, 3.63) is 40.8 Å². The largest absolute Gasteiger partial charge is 0.261 e. The van der Waals surface area contributed by atoms with Crippen molar-refractivity contribution in [2.75, 3.05) is 0 Å². The van der Waals surface area contributed by atoms with E-state index in [0.29, 0.717) is 0 Å². The van der Waals surface area contributed by atoms with E-state index in [1.54, 1.807) is 11.3 Å². The molecule has 0 saturated carbocycles. The molecule has 2 aromatic rings. The van der Waals surface area contributed by atoms with Gasteiger partial charge in [0.1, 0.15) is 0 Å². The fourth-order valence-electron chi connectivity index (χ4n) is 1.53. The molecule has 0 spiro atoms. The van der Waals surface area contributed by atoms with Gasteiger partial charge in [-0.25, -0.2) is 0 Å². The van der Waals surface area contributed by atoms with Crippen molar-refractivity contribution in [2.45, 2.75) is 26.2 Å². The van der Waals surface area contributed by atoms with E-state index < -0.39 is 0 Å². The lowest BCUT2D eigenvalue weighted by atomic mass is 10.1. The first-order valence-electron chi connectivity index (χ1n) is 5.37. The second kappa shape index (κ2) is 5.08. The summed E-state index contributed by atoms with van der Waals surface area (Å²) >= 11 is 1.72. The molecule has 0 saturated heterocycles. The van der Waals surface area contributed by atoms with Gasteiger partial charge >= 0.3 is 0 Å². The minimum atomic E-state index is 1.10. The lowest BCUT2D eigenvalue weighted by molar-refractivity contribution is 0.777. The third kappa shape index (κ3) is 2.66. The molecule has 0 atom stereocenters. The second-order valence-electron chi connectivity index (χ2n) is 3.65. The van der Waals surface area contributed by atoms with Gasteiger partial charge in [0.05, 0.1) is 0 Å². The summed E-state index contributed by atoms with van der Waals surface area (Å²) in [4.78, 5) is 4.48. The average molecular weight is 217 g/mol. The number of hydrogen-bond acceptors (Lipinski definition) is 2. The Morgan fingerprint density at radius 1 is 1.20 bits per heavy atom. The van der Waals surface area contributed by atoms with Crippen molar-refractivity contribution >= 4 is 11.3 Å². The molecule has 0 amide bonds. The molecular weight excluding hydrogens is 202 g/mol. The summed E-state index contributed by atoms with van der Waals surface area (Å²) in [5, 5.41) is 4.25. The van der Waals surface area contributed by atoms with Crippen LogP contribution >= 0.6 is 11.3 Å². The van der Waals surface area contributed by atoms with Gasteiger partial charge in [-0.05, 0) is 41.3 Å². The van der Waals surface area contributed by atoms with Crippen LogP contribution in [0.25, 0.3) is 11.1 Å². The van der Waals surface area contributed by atoms with Crippen molar-refractivity contribution in [1.82, 2.24) is 4.98 Å². The number of aryl methyl sites for hydroxylation is 1. The maximum atomic E-state index is 4.48. The van der Waals surface area contributed by atoms with E-state index in [9.17, 15) is 0 Å². The molecule has 0 aromatic carbocycles. The normalized spacial score (nSPS) is 10.5. The summed E-state index contributed by atoms with van der Waals surface area (Å²) in [6, 6.07) is 6.44. The summed E-state index contributed by atoms with van der Waals surface area (Å²) in [6.07, 6.45) is 5.53. The third-order valence-electron chi connectivity index (χ3n) is 2.47. The molecule has 78 valence electrons. The zero-order chi connectivity index (χ0) is 10.5. The van der Waals surface area contributed by atoms with Gasteiger partial charge < -0.3 is 0 Å². The number of rotatable bonds is 4. The van der Waals surface area contributed by atoms with E-state index in [1.165, 1.54) is 29.7 Å². The second-order valence-corrected chi connectivity index (χ2v) is 4.43. The van der Waals surface area contributed by atoms with E-state index in [1.807, 2.05) is 6.20 Å². The van der Waals surface area contributed by atoms with Crippen LogP contribution in [-0.2, 0) is 6.42 Å². The minimum Gasteiger partial charge on any atom is -0.261 e. The van der Waals surface area contributed by atoms with Crippen LogP contribution < -0.4 is 0 Å². The maximum Gasteiger partial charge on any atom is 0.0404 e. The maximum absolute atomic E-state index is 4.48. The van der Waals surface area contributed by atoms with Gasteiger partial charge in [-0.1, -0.05) is 19.4 Å². The van der Waals surface area contributed by atoms with Crippen molar-refractivity contribution in [3.63, 3.8) is 0 Å². The summed E-state index contributed by atoms with van der Waals surface area (Å²) in [5.41, 5.74) is 3.70. The first-order valence-corrected chi connectivity index (χ1v) is 6.32. The Hall–Kier alpha value is -1.15. The van der Waals surface area contributed by atoms with Crippen LogP contribution in [0.4, 0.5) is 0 Å². The fraction of sp³-hybridized carbons (Fsp3) is 0.308. The van der Waals surface area contributed by atoms with Gasteiger partial charge in [0.15, 0.2) is 0 Å². The average Bonchev–Trinajstić information content (AvgIpc) is 2.80. The van der Waals surface area contributed by atoms with Gasteiger partial charge in [0, 0.05) is 17.5 Å². The van der Waals surface area contributed by atoms with Crippen LogP contribution in [0.3, 0.4) is 0 Å². The van der Waals surface area contributed by atoms with Gasteiger partial charge in [0.2, 0.25) is 0 Å². The van der Waals surface area contributed by atoms with Gasteiger partial charge in [-0.15, -0.1) is 0 Å². The number of unbranched alkanes of at least 4 members (excludes halogenated alkanes) is 1. The molecule has 1 nitrogen and oxygen atoms in total. The van der Waals surface area contributed by atoms with Gasteiger partial charge in [0.25, 0.3) is 0 Å². The minimum absolute atomic E-state index is 1.10. The van der Waals surface area contributed by atoms with E-state index in [4.69, 9.17) is 0 Å². The molecule has 2 heterocycles. The molecule has 0 fully saturated rings. The summed E-state index contributed by atoms with van der Waals surface area (Å²) < 4.78 is 0. The lowest BCUT2D eigenvalue weighted by Gasteiger charge is -2.01. The Morgan fingerprint density at radius 2 is 2.13 bits per heavy atom. The van der Waals surface area contributed by atoms with Gasteiger partial charge in [-0.2, -0.15) is 11.3 Å². The molecule has 15 heavy (non-hydrogen) atoms. The molecule has 0 unspecified atom stereocenters. The molecule has 0 radical (unpaired) electrons. The molecule has 2 heteroatoms. The molecule has 0 aliphatic carbocycles. The lowest BCUT2D eigenvalue weighted by Crippen LogP contribution is -1.89. The standard InChI is InChI=1S/C13H15NS/c1-2-3-4-13-6-5-11(9-14-13)12-7-8-15-10-12/h5-10H,2-4H2,1H3. The Labute approximate surface area is 94.8 Å². The molecule has 0 aliphatic rings. The number of nitrogens with zero attached hydrogens (tertiary/aromatic N) is 1. The molecule has 2 rings (SSSR count). The highest BCUT2D eigenvalue weighted by Gasteiger charge is 1.99. The van der Waals surface area contributed by atoms with E-state index in [-0.39, 0.29) is 0 Å². The first-order chi connectivity index (χ1) is 7.40. The molecule has 0 N–H and O–H groups in total. The van der Waals surface area contributed by atoms with Crippen molar-refractivity contribution in [1.29, 1.82) is 0 Å². The number of hydrogen-bond donors (Lipinski definition) is 0. The van der Waals surface area contributed by atoms with Crippen LogP contribution in [0, 0.1) is 0 Å². The van der Waals surface area contributed by atoms with Crippen molar-refractivity contribution in [3.8, 4) is 11.1 Å². The summed E-state index contributed by atoms with van der Waals surface area (Å²) in [5.74, 6) is 0. The molecule has 0 aliphatic heterocycles. The zero-order valence-corrected chi connectivity index (χ0v) is 9.76. The van der Waals surface area contributed by atoms with Crippen molar-refractivity contribution in [2.24, 2.45) is 0 Å². The quantitative estimate of drug-likeness (QED) is 0.749. The van der Waals surface area contributed by atoms with Crippen LogP contribution in [0.15, 0.2) is 35.2 Å². The summed E-state index contributed by atoms with van der Waals surface area (Å²) in [7, 11) is 0. The monoisotopic (exact) mass is 217 g/mol. The predicted octanol–water partition coefficient (Wildman–Crippen LogP) is 4.15. The molecule has 2 aromatic heterocycles. The topological polar surface area (TPSA) is 12.9 Å². The van der Waals surface area contributed by atoms with Crippen molar-refractivity contribution < 1.29 is 0 Å². The number of thiophene rings is 1. The third-order valence-corrected chi connectivity index (χ3v) is 3.15. The van der Waals surface area contributed by atoms with Crippen LogP contribution in [-0.4, -0.2) is 4.98 Å². The smallest absolute Gasteiger partial charge is 0.0404 e. The summed E-state index contributed by atoms with van der Waals surface area (Å²) in [6.45, 7) is 2.21. The van der Waals surface area contributed by atoms with Crippen LogP contribution in [0.2, 0.25) is 0 Å². The number of aromatic nitrogens is 1. The number of pyridine rings is 1. The highest BCUT2D eigenvalue weighted by atomic mass is 32.1. The highest BCUT2D eigenvalue weighted by Crippen LogP contribution is 2.21. The molecular formula is C13H15NS. The zero-order valence-electron chi connectivity index (χ0n) is 8.94. The Kier molecular flexibility index (Phi) is 3.51. The first kappa shape index (κ1) is 10.4. The van der Waals surface area contributed by atoms with Crippen LogP contribution in [0.5, 0.6) is 0 Å². The molecule has 0 bridgehead atoms. The fourth-order valence-corrected chi connectivity index (χ4v) is 2.19. The van der Waals surface area contributed by atoms with E-state index in [0.717, 1.165) is 6.42 Å². The highest BCUT2D eigenvalue weighted by molar-refractivity contribution is 7.08. The van der Waals surface area contributed by atoms with E-state index in [2.05, 4.69) is 40.9 Å².